The van der Waals surface area contributed by atoms with Crippen LogP contribution < -0.4 is 0 Å². The molecule has 0 spiro atoms. The molecule has 0 aromatic heterocycles. The van der Waals surface area contributed by atoms with Crippen molar-refractivity contribution in [3.05, 3.63) is 0 Å². The molecular formula is C9H26BrO3PSi. The Morgan fingerprint density at radius 2 is 1.53 bits per heavy atom. The molecule has 0 bridgehead atoms. The van der Waals surface area contributed by atoms with Crippen molar-refractivity contribution in [2.24, 2.45) is 0 Å². The summed E-state index contributed by atoms with van der Waals surface area (Å²) in [6, 6.07) is 0. The van der Waals surface area contributed by atoms with Gasteiger partial charge in [-0.25, -0.2) is 0 Å². The first-order chi connectivity index (χ1) is 6.72. The molecule has 0 amide bonds. The average Bonchev–Trinajstić information content (AvgIpc) is 2.16. The molecule has 0 rings (SSSR count). The van der Waals surface area contributed by atoms with E-state index in [1.54, 1.807) is 13.8 Å². The molecule has 0 aliphatic rings. The number of hydrogen-bond donors (Lipinski definition) is 0. The van der Waals surface area contributed by atoms with E-state index in [4.69, 9.17) is 0 Å². The molecule has 0 saturated carbocycles. The van der Waals surface area contributed by atoms with E-state index in [0.717, 1.165) is 0 Å². The smallest absolute Gasteiger partial charge is 0.311 e. The van der Waals surface area contributed by atoms with E-state index in [9.17, 15) is 4.57 Å². The molecule has 0 radical (unpaired) electrons. The summed E-state index contributed by atoms with van der Waals surface area (Å²) >= 11 is 3.35. The predicted molar refractivity (Wildman–Crippen MR) is 76.9 cm³/mol. The van der Waals surface area contributed by atoms with E-state index >= 15 is 0 Å². The standard InChI is InChI=1S/C5H11Br.C4H11O3P.H4Si/c1-2-3-4-5-6;1-3-6-8(5)7-4-2;/h2-5H2,1H3;8H,3-4H2,1-2H3;1H4. The molecule has 15 heavy (non-hydrogen) atoms. The summed E-state index contributed by atoms with van der Waals surface area (Å²) in [5.74, 6) is 0. The fourth-order valence-electron chi connectivity index (χ4n) is 0.622. The molecule has 96 valence electrons. The van der Waals surface area contributed by atoms with E-state index in [-0.39, 0.29) is 11.0 Å². The van der Waals surface area contributed by atoms with Crippen LogP contribution >= 0.6 is 24.2 Å². The predicted octanol–water partition coefficient (Wildman–Crippen LogP) is 2.57. The van der Waals surface area contributed by atoms with Gasteiger partial charge in [-0.05, 0) is 31.2 Å². The first kappa shape index (κ1) is 21.2. The van der Waals surface area contributed by atoms with E-state index < -0.39 is 8.25 Å². The Morgan fingerprint density at radius 3 is 1.73 bits per heavy atom. The first-order valence-electron chi connectivity index (χ1n) is 5.08. The second-order valence-corrected chi connectivity index (χ2v) is 4.38. The molecule has 0 fully saturated rings. The zero-order valence-corrected chi connectivity index (χ0v) is 11.9. The van der Waals surface area contributed by atoms with Crippen molar-refractivity contribution in [1.82, 2.24) is 0 Å². The summed E-state index contributed by atoms with van der Waals surface area (Å²) in [6.45, 7) is 6.68. The lowest BCUT2D eigenvalue weighted by Crippen LogP contribution is -1.81. The van der Waals surface area contributed by atoms with Crippen molar-refractivity contribution in [2.45, 2.75) is 40.0 Å². The van der Waals surface area contributed by atoms with Gasteiger partial charge in [0.2, 0.25) is 0 Å². The molecule has 0 atom stereocenters. The highest BCUT2D eigenvalue weighted by Crippen LogP contribution is 2.21. The molecule has 0 aliphatic carbocycles. The molecule has 0 aromatic carbocycles. The summed E-state index contributed by atoms with van der Waals surface area (Å²) in [5, 5.41) is 1.17. The number of hydrogen-bond acceptors (Lipinski definition) is 3. The van der Waals surface area contributed by atoms with Crippen molar-refractivity contribution in [3.8, 4) is 0 Å². The summed E-state index contributed by atoms with van der Waals surface area (Å²) in [4.78, 5) is 0. The molecule has 0 unspecified atom stereocenters. The van der Waals surface area contributed by atoms with Gasteiger partial charge in [-0.1, -0.05) is 35.7 Å². The van der Waals surface area contributed by atoms with Crippen LogP contribution in [0, 0.1) is 0 Å². The maximum absolute atomic E-state index is 10.4. The lowest BCUT2D eigenvalue weighted by molar-refractivity contribution is 0.243. The molecule has 0 N–H and O–H groups in total. The van der Waals surface area contributed by atoms with E-state index in [1.807, 2.05) is 0 Å². The minimum Gasteiger partial charge on any atom is -0.311 e. The Bertz CT molecular complexity index is 116. The van der Waals surface area contributed by atoms with Gasteiger partial charge in [-0.15, -0.1) is 0 Å². The Kier molecular flexibility index (Phi) is 28.6. The Hall–Kier alpha value is 0.847. The second kappa shape index (κ2) is 20.3. The normalized spacial score (nSPS) is 9.13. The quantitative estimate of drug-likeness (QED) is 0.313. The largest absolute Gasteiger partial charge is 0.319 e. The van der Waals surface area contributed by atoms with Crippen LogP contribution in [0.1, 0.15) is 40.0 Å². The van der Waals surface area contributed by atoms with Gasteiger partial charge >= 0.3 is 8.25 Å². The van der Waals surface area contributed by atoms with Crippen LogP contribution in [-0.2, 0) is 13.6 Å². The fourth-order valence-corrected chi connectivity index (χ4v) is 1.57. The highest BCUT2D eigenvalue weighted by molar-refractivity contribution is 9.09. The lowest BCUT2D eigenvalue weighted by atomic mass is 10.3. The minimum atomic E-state index is -2.14. The Morgan fingerprint density at radius 1 is 1.07 bits per heavy atom. The third-order valence-corrected chi connectivity index (χ3v) is 2.87. The van der Waals surface area contributed by atoms with Crippen LogP contribution in [0.15, 0.2) is 0 Å². The zero-order chi connectivity index (χ0) is 11.2. The van der Waals surface area contributed by atoms with Crippen molar-refractivity contribution in [1.29, 1.82) is 0 Å². The highest BCUT2D eigenvalue weighted by Gasteiger charge is 1.91. The maximum Gasteiger partial charge on any atom is 0.319 e. The van der Waals surface area contributed by atoms with Crippen molar-refractivity contribution in [3.63, 3.8) is 0 Å². The Balaban J connectivity index is -0.000000187. The van der Waals surface area contributed by atoms with Crippen LogP contribution in [0.4, 0.5) is 0 Å². The molecule has 0 saturated heterocycles. The van der Waals surface area contributed by atoms with Crippen LogP contribution in [0.25, 0.3) is 0 Å². The third kappa shape index (κ3) is 25.3. The highest BCUT2D eigenvalue weighted by atomic mass is 79.9. The van der Waals surface area contributed by atoms with Crippen LogP contribution in [0.5, 0.6) is 0 Å². The summed E-state index contributed by atoms with van der Waals surface area (Å²) in [7, 11) is -2.14. The Labute approximate surface area is 107 Å². The molecule has 0 heterocycles. The van der Waals surface area contributed by atoms with Crippen molar-refractivity contribution in [2.75, 3.05) is 18.5 Å². The first-order valence-corrected chi connectivity index (χ1v) is 7.42. The van der Waals surface area contributed by atoms with Crippen LogP contribution in [0.2, 0.25) is 0 Å². The van der Waals surface area contributed by atoms with Gasteiger partial charge in [-0.3, -0.25) is 4.57 Å². The maximum atomic E-state index is 10.4. The molecule has 0 aliphatic heterocycles. The molecule has 0 aromatic rings. The summed E-state index contributed by atoms with van der Waals surface area (Å²) < 4.78 is 19.6. The SMILES string of the molecule is CCCCCBr.CCO[PH](=O)OCC.[SiH4]. The lowest BCUT2D eigenvalue weighted by Gasteiger charge is -1.97. The van der Waals surface area contributed by atoms with Gasteiger partial charge in [0, 0.05) is 5.33 Å². The second-order valence-electron chi connectivity index (χ2n) is 2.51. The minimum absolute atomic E-state index is 0. The average molecular weight is 321 g/mol. The monoisotopic (exact) mass is 320 g/mol. The fraction of sp³-hybridized carbons (Fsp3) is 1.00. The van der Waals surface area contributed by atoms with Crippen LogP contribution in [0.3, 0.4) is 0 Å². The zero-order valence-electron chi connectivity index (χ0n) is 9.35. The van der Waals surface area contributed by atoms with E-state index in [0.29, 0.717) is 13.2 Å². The molecular weight excluding hydrogens is 295 g/mol. The molecule has 3 nitrogen and oxygen atoms in total. The molecule has 6 heteroatoms. The van der Waals surface area contributed by atoms with E-state index in [1.165, 1.54) is 24.6 Å². The van der Waals surface area contributed by atoms with Crippen molar-refractivity contribution >= 4 is 35.2 Å². The van der Waals surface area contributed by atoms with Gasteiger partial charge in [0.25, 0.3) is 0 Å². The summed E-state index contributed by atoms with van der Waals surface area (Å²) in [5.41, 5.74) is 0. The van der Waals surface area contributed by atoms with Gasteiger partial charge in [-0.2, -0.15) is 0 Å². The third-order valence-electron chi connectivity index (χ3n) is 1.26. The van der Waals surface area contributed by atoms with Gasteiger partial charge in [0.15, 0.2) is 0 Å². The number of unbranched alkanes of at least 4 members (excludes halogenated alkanes) is 2. The topological polar surface area (TPSA) is 35.5 Å². The van der Waals surface area contributed by atoms with E-state index in [2.05, 4.69) is 31.9 Å². The van der Waals surface area contributed by atoms with Crippen molar-refractivity contribution < 1.29 is 13.6 Å². The number of rotatable bonds is 7. The van der Waals surface area contributed by atoms with Gasteiger partial charge in [0.1, 0.15) is 0 Å². The number of halogens is 1. The summed E-state index contributed by atoms with van der Waals surface area (Å²) in [6.07, 6.45) is 4.02. The number of alkyl halides is 1. The van der Waals surface area contributed by atoms with Gasteiger partial charge < -0.3 is 9.05 Å². The van der Waals surface area contributed by atoms with Crippen LogP contribution in [-0.4, -0.2) is 29.5 Å². The van der Waals surface area contributed by atoms with Gasteiger partial charge in [0.05, 0.1) is 13.2 Å².